The number of nitrogens with zero attached hydrogens (tertiary/aromatic N) is 4. The van der Waals surface area contributed by atoms with E-state index in [1.54, 1.807) is 0 Å². The van der Waals surface area contributed by atoms with Crippen molar-refractivity contribution >= 4 is 5.82 Å². The van der Waals surface area contributed by atoms with Crippen LogP contribution in [0.2, 0.25) is 0 Å². The van der Waals surface area contributed by atoms with Crippen molar-refractivity contribution in [3.63, 3.8) is 0 Å². The van der Waals surface area contributed by atoms with E-state index in [0.717, 1.165) is 76.1 Å². The highest BCUT2D eigenvalue weighted by atomic mass is 16.5. The van der Waals surface area contributed by atoms with Gasteiger partial charge >= 0.3 is 0 Å². The van der Waals surface area contributed by atoms with Gasteiger partial charge in [-0.2, -0.15) is 0 Å². The first-order valence-corrected chi connectivity index (χ1v) is 9.87. The Bertz CT molecular complexity index is 643. The molecule has 1 atom stereocenters. The van der Waals surface area contributed by atoms with E-state index in [4.69, 9.17) is 9.72 Å². The lowest BCUT2D eigenvalue weighted by Crippen LogP contribution is -2.62. The van der Waals surface area contributed by atoms with Gasteiger partial charge in [-0.05, 0) is 26.7 Å². The van der Waals surface area contributed by atoms with Gasteiger partial charge in [0.15, 0.2) is 0 Å². The molecule has 2 saturated heterocycles. The molecule has 1 aromatic rings. The number of hydrogen-bond donors (Lipinski definition) is 1. The standard InChI is InChI=1S/C20H34N4O2/c1-6-17-15(2)21-16(3)22-18(17)24-8-7-20(25,19(4,5)13-24)14-23-9-11-26-12-10-23/h25H,6-14H2,1-5H3. The quantitative estimate of drug-likeness (QED) is 0.883. The molecule has 26 heavy (non-hydrogen) atoms. The predicted octanol–water partition coefficient (Wildman–Crippen LogP) is 1.96. The van der Waals surface area contributed by atoms with E-state index in [1.165, 1.54) is 5.56 Å². The van der Waals surface area contributed by atoms with E-state index in [1.807, 2.05) is 6.92 Å². The van der Waals surface area contributed by atoms with Gasteiger partial charge in [-0.25, -0.2) is 9.97 Å². The lowest BCUT2D eigenvalue weighted by molar-refractivity contribution is -0.111. The number of rotatable bonds is 4. The van der Waals surface area contributed by atoms with E-state index in [9.17, 15) is 5.11 Å². The maximum absolute atomic E-state index is 11.5. The van der Waals surface area contributed by atoms with Crippen molar-refractivity contribution < 1.29 is 9.84 Å². The van der Waals surface area contributed by atoms with Gasteiger partial charge in [0.1, 0.15) is 11.6 Å². The number of piperidine rings is 1. The van der Waals surface area contributed by atoms with Gasteiger partial charge < -0.3 is 14.7 Å². The summed E-state index contributed by atoms with van der Waals surface area (Å²) in [5.74, 6) is 1.88. The Balaban J connectivity index is 1.80. The number of hydrogen-bond acceptors (Lipinski definition) is 6. The lowest BCUT2D eigenvalue weighted by Gasteiger charge is -2.52. The summed E-state index contributed by atoms with van der Waals surface area (Å²) in [6.45, 7) is 16.3. The summed E-state index contributed by atoms with van der Waals surface area (Å²) in [4.78, 5) is 14.0. The molecule has 0 bridgehead atoms. The highest BCUT2D eigenvalue weighted by Gasteiger charge is 2.49. The second-order valence-electron chi connectivity index (χ2n) is 8.49. The normalized spacial score (nSPS) is 26.9. The van der Waals surface area contributed by atoms with Crippen molar-refractivity contribution in [2.75, 3.05) is 50.8 Å². The average molecular weight is 363 g/mol. The molecule has 3 rings (SSSR count). The number of ether oxygens (including phenoxy) is 1. The molecule has 0 spiro atoms. The third-order valence-electron chi connectivity index (χ3n) is 6.19. The van der Waals surface area contributed by atoms with Crippen molar-refractivity contribution in [2.45, 2.75) is 53.1 Å². The van der Waals surface area contributed by atoms with Crippen molar-refractivity contribution in [1.82, 2.24) is 14.9 Å². The Labute approximate surface area is 157 Å². The third kappa shape index (κ3) is 3.73. The fraction of sp³-hybridized carbons (Fsp3) is 0.800. The minimum Gasteiger partial charge on any atom is -0.388 e. The first kappa shape index (κ1) is 19.5. The van der Waals surface area contributed by atoms with Gasteiger partial charge in [-0.1, -0.05) is 20.8 Å². The Hall–Kier alpha value is -1.24. The molecule has 1 N–H and O–H groups in total. The number of anilines is 1. The smallest absolute Gasteiger partial charge is 0.135 e. The van der Waals surface area contributed by atoms with E-state index >= 15 is 0 Å². The van der Waals surface area contributed by atoms with Crippen molar-refractivity contribution in [2.24, 2.45) is 5.41 Å². The zero-order valence-corrected chi connectivity index (χ0v) is 17.0. The lowest BCUT2D eigenvalue weighted by atomic mass is 9.69. The molecule has 0 saturated carbocycles. The monoisotopic (exact) mass is 362 g/mol. The van der Waals surface area contributed by atoms with E-state index in [0.29, 0.717) is 0 Å². The van der Waals surface area contributed by atoms with Crippen LogP contribution in [-0.4, -0.2) is 71.5 Å². The van der Waals surface area contributed by atoms with Crippen LogP contribution in [0.15, 0.2) is 0 Å². The summed E-state index contributed by atoms with van der Waals surface area (Å²) < 4.78 is 5.45. The topological polar surface area (TPSA) is 61.7 Å². The zero-order valence-electron chi connectivity index (χ0n) is 17.0. The molecule has 2 fully saturated rings. The van der Waals surface area contributed by atoms with Gasteiger partial charge in [-0.15, -0.1) is 0 Å². The Kier molecular flexibility index (Phi) is 5.56. The maximum Gasteiger partial charge on any atom is 0.135 e. The van der Waals surface area contributed by atoms with Crippen LogP contribution in [0.1, 0.15) is 44.3 Å². The number of aryl methyl sites for hydroxylation is 2. The predicted molar refractivity (Wildman–Crippen MR) is 104 cm³/mol. The number of aliphatic hydroxyl groups is 1. The summed E-state index contributed by atoms with van der Waals surface area (Å²) in [7, 11) is 0. The van der Waals surface area contributed by atoms with E-state index in [2.05, 4.69) is 42.5 Å². The second kappa shape index (κ2) is 7.41. The van der Waals surface area contributed by atoms with Crippen molar-refractivity contribution in [1.29, 1.82) is 0 Å². The fourth-order valence-electron chi connectivity index (χ4n) is 4.36. The SMILES string of the molecule is CCc1c(C)nc(C)nc1N1CCC(O)(CN2CCOCC2)C(C)(C)C1. The van der Waals surface area contributed by atoms with Crippen LogP contribution in [0.3, 0.4) is 0 Å². The molecule has 0 amide bonds. The minimum absolute atomic E-state index is 0.221. The van der Waals surface area contributed by atoms with Gasteiger partial charge in [0.25, 0.3) is 0 Å². The van der Waals surface area contributed by atoms with Crippen LogP contribution in [-0.2, 0) is 11.2 Å². The Morgan fingerprint density at radius 3 is 2.42 bits per heavy atom. The number of aromatic nitrogens is 2. The molecule has 146 valence electrons. The van der Waals surface area contributed by atoms with Gasteiger partial charge in [0, 0.05) is 49.4 Å². The number of β-amino-alcohol motifs (C(OH)–C–C–N with tert-alkyl or cyclic N) is 1. The van der Waals surface area contributed by atoms with E-state index in [-0.39, 0.29) is 5.41 Å². The molecule has 2 aliphatic heterocycles. The summed E-state index contributed by atoms with van der Waals surface area (Å²) in [5, 5.41) is 11.5. The molecule has 3 heterocycles. The van der Waals surface area contributed by atoms with Crippen LogP contribution >= 0.6 is 0 Å². The highest BCUT2D eigenvalue weighted by Crippen LogP contribution is 2.41. The molecular formula is C20H34N4O2. The van der Waals surface area contributed by atoms with Crippen molar-refractivity contribution in [3.05, 3.63) is 17.1 Å². The molecule has 0 radical (unpaired) electrons. The van der Waals surface area contributed by atoms with Crippen LogP contribution in [0.5, 0.6) is 0 Å². The van der Waals surface area contributed by atoms with Crippen LogP contribution < -0.4 is 4.90 Å². The van der Waals surface area contributed by atoms with Gasteiger partial charge in [0.2, 0.25) is 0 Å². The molecule has 1 aromatic heterocycles. The van der Waals surface area contributed by atoms with E-state index < -0.39 is 5.60 Å². The Morgan fingerprint density at radius 2 is 1.81 bits per heavy atom. The van der Waals surface area contributed by atoms with Gasteiger partial charge in [-0.3, -0.25) is 4.90 Å². The largest absolute Gasteiger partial charge is 0.388 e. The molecule has 1 unspecified atom stereocenters. The Morgan fingerprint density at radius 1 is 1.12 bits per heavy atom. The highest BCUT2D eigenvalue weighted by molar-refractivity contribution is 5.50. The van der Waals surface area contributed by atoms with Crippen LogP contribution in [0.4, 0.5) is 5.82 Å². The summed E-state index contributed by atoms with van der Waals surface area (Å²) >= 11 is 0. The molecule has 0 aliphatic carbocycles. The molecule has 0 aromatic carbocycles. The van der Waals surface area contributed by atoms with Crippen LogP contribution in [0.25, 0.3) is 0 Å². The third-order valence-corrected chi connectivity index (χ3v) is 6.19. The van der Waals surface area contributed by atoms with Crippen LogP contribution in [0, 0.1) is 19.3 Å². The summed E-state index contributed by atoms with van der Waals surface area (Å²) in [6, 6.07) is 0. The molecule has 6 heteroatoms. The average Bonchev–Trinajstić information content (AvgIpc) is 2.58. The second-order valence-corrected chi connectivity index (χ2v) is 8.49. The molecular weight excluding hydrogens is 328 g/mol. The summed E-state index contributed by atoms with van der Waals surface area (Å²) in [6.07, 6.45) is 1.68. The molecule has 2 aliphatic rings. The first-order chi connectivity index (χ1) is 12.3. The molecule has 6 nitrogen and oxygen atoms in total. The number of morpholine rings is 1. The summed E-state index contributed by atoms with van der Waals surface area (Å²) in [5.41, 5.74) is 1.39. The minimum atomic E-state index is -0.690. The zero-order chi connectivity index (χ0) is 18.9. The fourth-order valence-corrected chi connectivity index (χ4v) is 4.36. The first-order valence-electron chi connectivity index (χ1n) is 9.87. The van der Waals surface area contributed by atoms with Crippen molar-refractivity contribution in [3.8, 4) is 0 Å². The maximum atomic E-state index is 11.5. The van der Waals surface area contributed by atoms with Gasteiger partial charge in [0.05, 0.1) is 18.8 Å².